The maximum Gasteiger partial charge on any atom is 0.507 e. The number of hydrogen-bond acceptors (Lipinski definition) is 11. The molecule has 0 aliphatic heterocycles. The minimum Gasteiger partial charge on any atom is -0.380 e. The van der Waals surface area contributed by atoms with Crippen LogP contribution in [0.1, 0.15) is 0 Å². The molecule has 0 fully saturated rings. The summed E-state index contributed by atoms with van der Waals surface area (Å²) in [5.74, 6) is -2.35. The zero-order chi connectivity index (χ0) is 24.7. The fourth-order valence-electron chi connectivity index (χ4n) is 2.37. The normalized spacial score (nSPS) is 15.2. The summed E-state index contributed by atoms with van der Waals surface area (Å²) in [7, 11) is 0.842. The summed E-state index contributed by atoms with van der Waals surface area (Å²) in [4.78, 5) is 0. The first kappa shape index (κ1) is 31.7. The van der Waals surface area contributed by atoms with Gasteiger partial charge in [0.25, 0.3) is 0 Å². The Kier molecular flexibility index (Phi) is 15.4. The third kappa shape index (κ3) is 11.2. The van der Waals surface area contributed by atoms with Crippen LogP contribution < -0.4 is 21.3 Å². The molecule has 4 N–H and O–H groups in total. The van der Waals surface area contributed by atoms with Gasteiger partial charge < -0.3 is 41.9 Å². The Balaban J connectivity index is 4.95. The SMILES string of the molecule is COCC(F)(F)NCNC[Si](OC)(OC)O[Si](CNCNC(F)(CF)COC)(OC)OC. The number of methoxy groups -OCH3 is 2. The Bertz CT molecular complexity index is 501. The molecular formula is C15H36F4N4O7Si2. The standard InChI is InChI=1S/C15H36F4N4O7Si2/c1-24-8-14(17,7-16)22-10-20-12-31(26-3,27-4)30-32(28-5,29-6)13-21-11-23-15(18,19)9-25-2/h20-23H,7-13H2,1-6H3. The third-order valence-corrected chi connectivity index (χ3v) is 10.5. The van der Waals surface area contributed by atoms with Crippen LogP contribution in [0.3, 0.4) is 0 Å². The molecule has 194 valence electrons. The monoisotopic (exact) mass is 516 g/mol. The second-order valence-electron chi connectivity index (χ2n) is 6.51. The molecule has 0 aromatic carbocycles. The van der Waals surface area contributed by atoms with Crippen molar-refractivity contribution in [2.24, 2.45) is 0 Å². The van der Waals surface area contributed by atoms with Crippen molar-refractivity contribution in [1.82, 2.24) is 21.3 Å². The van der Waals surface area contributed by atoms with Crippen molar-refractivity contribution in [2.45, 2.75) is 11.8 Å². The van der Waals surface area contributed by atoms with Crippen LogP contribution in [0.25, 0.3) is 0 Å². The lowest BCUT2D eigenvalue weighted by atomic mass is 10.3. The van der Waals surface area contributed by atoms with Gasteiger partial charge in [-0.1, -0.05) is 0 Å². The van der Waals surface area contributed by atoms with Crippen LogP contribution in [0.4, 0.5) is 17.6 Å². The summed E-state index contributed by atoms with van der Waals surface area (Å²) < 4.78 is 90.8. The van der Waals surface area contributed by atoms with Gasteiger partial charge in [-0.15, -0.1) is 0 Å². The smallest absolute Gasteiger partial charge is 0.380 e. The molecule has 32 heavy (non-hydrogen) atoms. The van der Waals surface area contributed by atoms with Crippen molar-refractivity contribution in [3.63, 3.8) is 0 Å². The summed E-state index contributed by atoms with van der Waals surface area (Å²) >= 11 is 0. The molecule has 0 aromatic rings. The highest BCUT2D eigenvalue weighted by Crippen LogP contribution is 2.17. The zero-order valence-corrected chi connectivity index (χ0v) is 21.3. The molecule has 0 aliphatic rings. The van der Waals surface area contributed by atoms with Gasteiger partial charge in [-0.3, -0.25) is 5.32 Å². The molecule has 17 heteroatoms. The average Bonchev–Trinajstić information content (AvgIpc) is 2.78. The summed E-state index contributed by atoms with van der Waals surface area (Å²) in [5.41, 5.74) is 0. The Hall–Kier alpha value is -0.286. The Morgan fingerprint density at radius 1 is 0.688 bits per heavy atom. The molecule has 0 heterocycles. The van der Waals surface area contributed by atoms with Crippen molar-refractivity contribution < 1.29 is 48.9 Å². The number of halogens is 4. The molecule has 0 bridgehead atoms. The van der Waals surface area contributed by atoms with E-state index in [-0.39, 0.29) is 25.7 Å². The van der Waals surface area contributed by atoms with Gasteiger partial charge in [-0.05, 0) is 0 Å². The van der Waals surface area contributed by atoms with E-state index >= 15 is 0 Å². The molecule has 0 aliphatic carbocycles. The van der Waals surface area contributed by atoms with Crippen molar-refractivity contribution in [1.29, 1.82) is 0 Å². The number of nitrogens with one attached hydrogen (secondary N) is 4. The first-order valence-electron chi connectivity index (χ1n) is 9.47. The highest BCUT2D eigenvalue weighted by molar-refractivity contribution is 6.75. The third-order valence-electron chi connectivity index (χ3n) is 4.15. The molecule has 0 saturated heterocycles. The maximum atomic E-state index is 14.1. The highest BCUT2D eigenvalue weighted by atomic mass is 28.5. The molecule has 0 radical (unpaired) electrons. The van der Waals surface area contributed by atoms with Crippen LogP contribution in [0.15, 0.2) is 0 Å². The molecule has 0 rings (SSSR count). The summed E-state index contributed by atoms with van der Waals surface area (Å²) in [5, 5.41) is 9.89. The lowest BCUT2D eigenvalue weighted by molar-refractivity contribution is -0.0912. The molecular weight excluding hydrogens is 480 g/mol. The quantitative estimate of drug-likeness (QED) is 0.0513. The van der Waals surface area contributed by atoms with Gasteiger partial charge in [0.15, 0.2) is 0 Å². The van der Waals surface area contributed by atoms with Crippen molar-refractivity contribution >= 4 is 17.6 Å². The highest BCUT2D eigenvalue weighted by Gasteiger charge is 2.52. The van der Waals surface area contributed by atoms with Gasteiger partial charge in [0.05, 0.1) is 25.6 Å². The Labute approximate surface area is 188 Å². The Morgan fingerprint density at radius 3 is 1.50 bits per heavy atom. The van der Waals surface area contributed by atoms with E-state index in [1.54, 1.807) is 0 Å². The van der Waals surface area contributed by atoms with Gasteiger partial charge in [-0.2, -0.15) is 8.78 Å². The predicted octanol–water partition coefficient (Wildman–Crippen LogP) is -0.661. The summed E-state index contributed by atoms with van der Waals surface area (Å²) in [6, 6.07) is -3.23. The van der Waals surface area contributed by atoms with Gasteiger partial charge >= 0.3 is 23.7 Å². The van der Waals surface area contributed by atoms with Gasteiger partial charge in [0.1, 0.15) is 13.3 Å². The lowest BCUT2D eigenvalue weighted by Gasteiger charge is -2.36. The number of rotatable bonds is 21. The van der Waals surface area contributed by atoms with Crippen LogP contribution in [-0.4, -0.2) is 118 Å². The summed E-state index contributed by atoms with van der Waals surface area (Å²) in [6.45, 7) is -3.01. The molecule has 0 aromatic heterocycles. The van der Waals surface area contributed by atoms with Crippen molar-refractivity contribution in [2.75, 3.05) is 88.2 Å². The minimum atomic E-state index is -3.48. The van der Waals surface area contributed by atoms with Crippen LogP contribution in [0.5, 0.6) is 0 Å². The van der Waals surface area contributed by atoms with Crippen LogP contribution in [0.2, 0.25) is 0 Å². The van der Waals surface area contributed by atoms with E-state index in [1.165, 1.54) is 35.5 Å². The number of ether oxygens (including phenoxy) is 2. The fourth-order valence-corrected chi connectivity index (χ4v) is 7.95. The predicted molar refractivity (Wildman–Crippen MR) is 111 cm³/mol. The second kappa shape index (κ2) is 15.6. The first-order chi connectivity index (χ1) is 15.0. The minimum absolute atomic E-state index is 0.0199. The van der Waals surface area contributed by atoms with Crippen LogP contribution in [-0.2, 0) is 31.3 Å². The molecule has 11 nitrogen and oxygen atoms in total. The van der Waals surface area contributed by atoms with Crippen molar-refractivity contribution in [3.05, 3.63) is 0 Å². The first-order valence-corrected chi connectivity index (χ1v) is 13.3. The van der Waals surface area contributed by atoms with Crippen LogP contribution in [0, 0.1) is 0 Å². The Morgan fingerprint density at radius 2 is 1.12 bits per heavy atom. The van der Waals surface area contributed by atoms with Gasteiger partial charge in [-0.25, -0.2) is 14.1 Å². The average molecular weight is 517 g/mol. The van der Waals surface area contributed by atoms with E-state index in [4.69, 9.17) is 21.8 Å². The van der Waals surface area contributed by atoms with Crippen molar-refractivity contribution in [3.8, 4) is 0 Å². The molecule has 1 atom stereocenters. The van der Waals surface area contributed by atoms with E-state index in [1.807, 2.05) is 5.32 Å². The van der Waals surface area contributed by atoms with E-state index in [9.17, 15) is 17.6 Å². The van der Waals surface area contributed by atoms with Crippen LogP contribution >= 0.6 is 0 Å². The van der Waals surface area contributed by atoms with E-state index in [0.717, 1.165) is 7.11 Å². The maximum absolute atomic E-state index is 14.1. The zero-order valence-electron chi connectivity index (χ0n) is 19.3. The largest absolute Gasteiger partial charge is 0.507 e. The lowest BCUT2D eigenvalue weighted by Crippen LogP contribution is -2.66. The topological polar surface area (TPSA) is 113 Å². The fraction of sp³-hybridized carbons (Fsp3) is 1.00. The van der Waals surface area contributed by atoms with E-state index in [2.05, 4.69) is 25.4 Å². The van der Waals surface area contributed by atoms with Gasteiger partial charge in [0, 0.05) is 49.3 Å². The molecule has 0 saturated carbocycles. The molecule has 1 unspecified atom stereocenters. The summed E-state index contributed by atoms with van der Waals surface area (Å²) in [6.07, 6.45) is -0.0763. The number of hydrogen-bond donors (Lipinski definition) is 4. The number of alkyl halides is 4. The van der Waals surface area contributed by atoms with Gasteiger partial charge in [0.2, 0.25) is 5.79 Å². The van der Waals surface area contributed by atoms with E-state index in [0.29, 0.717) is 0 Å². The second-order valence-corrected chi connectivity index (χ2v) is 12.4. The van der Waals surface area contributed by atoms with E-state index < -0.39 is 49.3 Å². The molecule has 0 spiro atoms. The molecule has 0 amide bonds.